The van der Waals surface area contributed by atoms with Crippen LogP contribution in [0.25, 0.3) is 0 Å². The standard InChI is InChI=1S/C17H21N3O3S/c1-12-11-24-17(23)20(12)9-8-15(21)19(3)10-13-4-6-14(7-5-13)16(22)18-2/h4-7,11H,8-10H2,1-3H3,(H,18,22). The lowest BCUT2D eigenvalue weighted by Crippen LogP contribution is -2.28. The summed E-state index contributed by atoms with van der Waals surface area (Å²) in [6.07, 6.45) is 0.282. The largest absolute Gasteiger partial charge is 0.355 e. The molecule has 0 saturated carbocycles. The smallest absolute Gasteiger partial charge is 0.307 e. The molecule has 2 amide bonds. The van der Waals surface area contributed by atoms with Gasteiger partial charge in [0.1, 0.15) is 0 Å². The number of aryl methyl sites for hydroxylation is 1. The van der Waals surface area contributed by atoms with Gasteiger partial charge in [-0.1, -0.05) is 23.5 Å². The average molecular weight is 347 g/mol. The molecule has 0 aliphatic rings. The highest BCUT2D eigenvalue weighted by Gasteiger charge is 2.12. The van der Waals surface area contributed by atoms with Gasteiger partial charge in [-0.15, -0.1) is 0 Å². The molecule has 0 fully saturated rings. The third-order valence-corrected chi connectivity index (χ3v) is 4.70. The van der Waals surface area contributed by atoms with Gasteiger partial charge in [0.2, 0.25) is 5.91 Å². The molecule has 0 radical (unpaired) electrons. The van der Waals surface area contributed by atoms with Crippen LogP contribution in [0.3, 0.4) is 0 Å². The van der Waals surface area contributed by atoms with Gasteiger partial charge in [-0.25, -0.2) is 0 Å². The summed E-state index contributed by atoms with van der Waals surface area (Å²) in [5.41, 5.74) is 2.41. The number of nitrogens with one attached hydrogen (secondary N) is 1. The molecule has 2 aromatic rings. The Balaban J connectivity index is 1.91. The maximum absolute atomic E-state index is 12.2. The summed E-state index contributed by atoms with van der Waals surface area (Å²) in [4.78, 5) is 37.0. The van der Waals surface area contributed by atoms with Gasteiger partial charge in [-0.2, -0.15) is 0 Å². The van der Waals surface area contributed by atoms with Crippen LogP contribution in [-0.4, -0.2) is 35.4 Å². The van der Waals surface area contributed by atoms with Crippen LogP contribution >= 0.6 is 11.3 Å². The Hall–Kier alpha value is -2.41. The fourth-order valence-electron chi connectivity index (χ4n) is 2.34. The first kappa shape index (κ1) is 17.9. The molecular formula is C17H21N3O3S. The highest BCUT2D eigenvalue weighted by atomic mass is 32.1. The quantitative estimate of drug-likeness (QED) is 0.863. The Morgan fingerprint density at radius 1 is 1.25 bits per heavy atom. The van der Waals surface area contributed by atoms with Crippen LogP contribution in [0.5, 0.6) is 0 Å². The van der Waals surface area contributed by atoms with Gasteiger partial charge in [0.15, 0.2) is 0 Å². The van der Waals surface area contributed by atoms with E-state index >= 15 is 0 Å². The minimum absolute atomic E-state index is 0.0251. The Labute approximate surface area is 144 Å². The molecule has 0 aliphatic heterocycles. The van der Waals surface area contributed by atoms with E-state index in [1.165, 1.54) is 0 Å². The van der Waals surface area contributed by atoms with Crippen LogP contribution in [0.2, 0.25) is 0 Å². The highest BCUT2D eigenvalue weighted by molar-refractivity contribution is 7.07. The van der Waals surface area contributed by atoms with Crippen molar-refractivity contribution >= 4 is 23.2 Å². The first-order valence-electron chi connectivity index (χ1n) is 7.62. The minimum atomic E-state index is -0.137. The molecule has 1 aromatic carbocycles. The van der Waals surface area contributed by atoms with Gasteiger partial charge in [0.05, 0.1) is 0 Å². The first-order chi connectivity index (χ1) is 11.4. The van der Waals surface area contributed by atoms with Gasteiger partial charge < -0.3 is 14.8 Å². The van der Waals surface area contributed by atoms with Gasteiger partial charge >= 0.3 is 4.87 Å². The zero-order valence-corrected chi connectivity index (χ0v) is 14.9. The van der Waals surface area contributed by atoms with E-state index in [0.717, 1.165) is 22.6 Å². The Morgan fingerprint density at radius 2 is 1.92 bits per heavy atom. The number of carbonyl (C=O) groups excluding carboxylic acids is 2. The lowest BCUT2D eigenvalue weighted by atomic mass is 10.1. The fourth-order valence-corrected chi connectivity index (χ4v) is 3.10. The molecule has 128 valence electrons. The van der Waals surface area contributed by atoms with E-state index in [4.69, 9.17) is 0 Å². The van der Waals surface area contributed by atoms with Crippen molar-refractivity contribution in [3.63, 3.8) is 0 Å². The predicted molar refractivity (Wildman–Crippen MR) is 94.2 cm³/mol. The predicted octanol–water partition coefficient (Wildman–Crippen LogP) is 1.63. The van der Waals surface area contributed by atoms with Gasteiger partial charge in [-0.05, 0) is 24.6 Å². The van der Waals surface area contributed by atoms with E-state index in [2.05, 4.69) is 5.32 Å². The minimum Gasteiger partial charge on any atom is -0.355 e. The van der Waals surface area contributed by atoms with E-state index in [1.807, 2.05) is 19.1 Å². The number of aromatic nitrogens is 1. The summed E-state index contributed by atoms with van der Waals surface area (Å²) >= 11 is 1.15. The molecule has 0 bridgehead atoms. The van der Waals surface area contributed by atoms with Crippen LogP contribution in [-0.2, 0) is 17.9 Å². The van der Waals surface area contributed by atoms with Crippen molar-refractivity contribution in [2.45, 2.75) is 26.4 Å². The van der Waals surface area contributed by atoms with E-state index in [0.29, 0.717) is 18.7 Å². The van der Waals surface area contributed by atoms with Crippen molar-refractivity contribution in [1.82, 2.24) is 14.8 Å². The van der Waals surface area contributed by atoms with Crippen molar-refractivity contribution in [3.05, 3.63) is 56.1 Å². The lowest BCUT2D eigenvalue weighted by molar-refractivity contribution is -0.130. The second-order valence-electron chi connectivity index (χ2n) is 5.57. The van der Waals surface area contributed by atoms with Crippen LogP contribution in [0, 0.1) is 6.92 Å². The van der Waals surface area contributed by atoms with E-state index < -0.39 is 0 Å². The Kier molecular flexibility index (Phi) is 5.92. The number of thiazole rings is 1. The van der Waals surface area contributed by atoms with Crippen LogP contribution in [0.15, 0.2) is 34.4 Å². The average Bonchev–Trinajstić information content (AvgIpc) is 2.90. The summed E-state index contributed by atoms with van der Waals surface area (Å²) in [6, 6.07) is 7.14. The first-order valence-corrected chi connectivity index (χ1v) is 8.50. The molecule has 24 heavy (non-hydrogen) atoms. The molecule has 0 aliphatic carbocycles. The van der Waals surface area contributed by atoms with Gasteiger partial charge in [0, 0.05) is 50.2 Å². The monoisotopic (exact) mass is 347 g/mol. The Morgan fingerprint density at radius 3 is 2.46 bits per heavy atom. The second-order valence-corrected chi connectivity index (χ2v) is 6.39. The molecule has 2 rings (SSSR count). The molecule has 0 spiro atoms. The molecular weight excluding hydrogens is 326 g/mol. The van der Waals surface area contributed by atoms with Crippen molar-refractivity contribution in [2.75, 3.05) is 14.1 Å². The summed E-state index contributed by atoms with van der Waals surface area (Å²) in [6.45, 7) is 2.72. The highest BCUT2D eigenvalue weighted by Crippen LogP contribution is 2.08. The third kappa shape index (κ3) is 4.32. The third-order valence-electron chi connectivity index (χ3n) is 3.81. The van der Waals surface area contributed by atoms with Crippen molar-refractivity contribution in [1.29, 1.82) is 0 Å². The summed E-state index contributed by atoms with van der Waals surface area (Å²) < 4.78 is 1.62. The molecule has 1 aromatic heterocycles. The lowest BCUT2D eigenvalue weighted by Gasteiger charge is -2.17. The fraction of sp³-hybridized carbons (Fsp3) is 0.353. The molecule has 1 N–H and O–H groups in total. The molecule has 0 atom stereocenters. The number of amides is 2. The number of nitrogens with zero attached hydrogens (tertiary/aromatic N) is 2. The van der Waals surface area contributed by atoms with Crippen LogP contribution < -0.4 is 10.2 Å². The molecule has 6 nitrogen and oxygen atoms in total. The van der Waals surface area contributed by atoms with Gasteiger partial charge in [-0.3, -0.25) is 14.4 Å². The van der Waals surface area contributed by atoms with Crippen molar-refractivity contribution in [2.24, 2.45) is 0 Å². The summed E-state index contributed by atoms with van der Waals surface area (Å²) in [5.74, 6) is -0.162. The van der Waals surface area contributed by atoms with E-state index in [-0.39, 0.29) is 23.1 Å². The summed E-state index contributed by atoms with van der Waals surface area (Å²) in [7, 11) is 3.32. The normalized spacial score (nSPS) is 10.5. The Bertz CT molecular complexity index is 777. The molecule has 1 heterocycles. The number of hydrogen-bond donors (Lipinski definition) is 1. The molecule has 7 heteroatoms. The van der Waals surface area contributed by atoms with E-state index in [9.17, 15) is 14.4 Å². The maximum Gasteiger partial charge on any atom is 0.307 e. The zero-order chi connectivity index (χ0) is 17.7. The van der Waals surface area contributed by atoms with Crippen LogP contribution in [0.1, 0.15) is 28.0 Å². The number of hydrogen-bond acceptors (Lipinski definition) is 4. The zero-order valence-electron chi connectivity index (χ0n) is 14.0. The van der Waals surface area contributed by atoms with Crippen molar-refractivity contribution in [3.8, 4) is 0 Å². The van der Waals surface area contributed by atoms with Crippen LogP contribution in [0.4, 0.5) is 0 Å². The number of benzene rings is 1. The molecule has 0 unspecified atom stereocenters. The maximum atomic E-state index is 12.2. The van der Waals surface area contributed by atoms with Gasteiger partial charge in [0.25, 0.3) is 5.91 Å². The molecule has 0 saturated heterocycles. The topological polar surface area (TPSA) is 71.4 Å². The SMILES string of the molecule is CNC(=O)c1ccc(CN(C)C(=O)CCn2c(C)csc2=O)cc1. The number of rotatable bonds is 6. The number of carbonyl (C=O) groups is 2. The second kappa shape index (κ2) is 7.92. The van der Waals surface area contributed by atoms with Crippen molar-refractivity contribution < 1.29 is 9.59 Å². The van der Waals surface area contributed by atoms with E-state index in [1.54, 1.807) is 41.1 Å². The summed E-state index contributed by atoms with van der Waals surface area (Å²) in [5, 5.41) is 4.36.